The summed E-state index contributed by atoms with van der Waals surface area (Å²) in [6, 6.07) is 3.82. The summed E-state index contributed by atoms with van der Waals surface area (Å²) in [7, 11) is -3.25. The molecule has 9 heteroatoms. The zero-order valence-corrected chi connectivity index (χ0v) is 18.9. The Hall–Kier alpha value is -0.810. The Morgan fingerprint density at radius 3 is 2.85 bits per heavy atom. The van der Waals surface area contributed by atoms with Crippen LogP contribution in [0, 0.1) is 5.92 Å². The van der Waals surface area contributed by atoms with Gasteiger partial charge in [-0.2, -0.15) is 0 Å². The first kappa shape index (κ1) is 23.2. The monoisotopic (exact) mass is 498 g/mol. The highest BCUT2D eigenvalue weighted by atomic mass is 127. The minimum absolute atomic E-state index is 0. The Balaban J connectivity index is 0.00000338. The summed E-state index contributed by atoms with van der Waals surface area (Å²) in [5, 5.41) is 2.97. The van der Waals surface area contributed by atoms with Crippen molar-refractivity contribution in [1.29, 1.82) is 0 Å². The molecular weight excluding hydrogens is 467 g/mol. The number of likely N-dealkylation sites (tertiary alicyclic amines) is 1. The maximum Gasteiger partial charge on any atom is 0.216 e. The van der Waals surface area contributed by atoms with Gasteiger partial charge in [0.2, 0.25) is 10.0 Å². The summed E-state index contributed by atoms with van der Waals surface area (Å²) in [5.41, 5.74) is 0. The van der Waals surface area contributed by atoms with E-state index >= 15 is 0 Å². The van der Waals surface area contributed by atoms with Gasteiger partial charge in [-0.15, -0.1) is 24.0 Å². The van der Waals surface area contributed by atoms with E-state index in [4.69, 9.17) is 4.42 Å². The molecule has 1 aromatic rings. The van der Waals surface area contributed by atoms with E-state index in [9.17, 15) is 8.42 Å². The molecule has 0 spiro atoms. The molecule has 0 bridgehead atoms. The van der Waals surface area contributed by atoms with Gasteiger partial charge in [0.1, 0.15) is 5.76 Å². The Morgan fingerprint density at radius 1 is 1.46 bits per heavy atom. The van der Waals surface area contributed by atoms with E-state index in [-0.39, 0.29) is 29.2 Å². The predicted octanol–water partition coefficient (Wildman–Crippen LogP) is 2.06. The quantitative estimate of drug-likeness (QED) is 0.326. The standard InChI is InChI=1S/C17H30N4O3S.HI/c1-4-20-25(22,23)16-8-10-21(13-16)17(19-12-14(2)3)18-9-7-15-6-5-11-24-15;/h5-6,11,14,16,20H,4,7-10,12-13H2,1-3H3,(H,18,19);1H. The van der Waals surface area contributed by atoms with Gasteiger partial charge in [-0.05, 0) is 24.5 Å². The highest BCUT2D eigenvalue weighted by molar-refractivity contribution is 14.0. The molecule has 150 valence electrons. The molecule has 2 heterocycles. The first-order chi connectivity index (χ1) is 11.9. The van der Waals surface area contributed by atoms with Crippen molar-refractivity contribution in [3.63, 3.8) is 0 Å². The summed E-state index contributed by atoms with van der Waals surface area (Å²) in [6.07, 6.45) is 3.05. The molecule has 26 heavy (non-hydrogen) atoms. The fourth-order valence-electron chi connectivity index (χ4n) is 2.78. The van der Waals surface area contributed by atoms with Crippen molar-refractivity contribution >= 4 is 40.0 Å². The van der Waals surface area contributed by atoms with Crippen LogP contribution in [0.25, 0.3) is 0 Å². The van der Waals surface area contributed by atoms with E-state index in [1.54, 1.807) is 13.2 Å². The van der Waals surface area contributed by atoms with Gasteiger partial charge < -0.3 is 14.6 Å². The smallest absolute Gasteiger partial charge is 0.216 e. The number of hydrogen-bond donors (Lipinski definition) is 2. The van der Waals surface area contributed by atoms with E-state index in [0.29, 0.717) is 45.1 Å². The molecule has 2 N–H and O–H groups in total. The van der Waals surface area contributed by atoms with Gasteiger partial charge in [-0.25, -0.2) is 13.1 Å². The number of furan rings is 1. The van der Waals surface area contributed by atoms with Crippen LogP contribution in [-0.2, 0) is 16.4 Å². The number of nitrogens with one attached hydrogen (secondary N) is 2. The molecule has 1 saturated heterocycles. The van der Waals surface area contributed by atoms with E-state index in [2.05, 4.69) is 28.9 Å². The highest BCUT2D eigenvalue weighted by Gasteiger charge is 2.33. The molecule has 1 atom stereocenters. The third-order valence-corrected chi connectivity index (χ3v) is 6.02. The van der Waals surface area contributed by atoms with Gasteiger partial charge in [0, 0.05) is 39.1 Å². The molecule has 0 saturated carbocycles. The second-order valence-electron chi connectivity index (χ2n) is 6.71. The third kappa shape index (κ3) is 7.07. The average molecular weight is 498 g/mol. The highest BCUT2D eigenvalue weighted by Crippen LogP contribution is 2.16. The van der Waals surface area contributed by atoms with Crippen molar-refractivity contribution in [1.82, 2.24) is 14.9 Å². The summed E-state index contributed by atoms with van der Waals surface area (Å²) in [5.74, 6) is 2.16. The van der Waals surface area contributed by atoms with Crippen molar-refractivity contribution in [2.24, 2.45) is 10.9 Å². The van der Waals surface area contributed by atoms with Crippen molar-refractivity contribution in [2.75, 3.05) is 32.7 Å². The lowest BCUT2D eigenvalue weighted by molar-refractivity contribution is 0.476. The molecule has 1 aliphatic rings. The topological polar surface area (TPSA) is 86.9 Å². The Bertz CT molecular complexity index is 647. The Morgan fingerprint density at radius 2 is 2.23 bits per heavy atom. The summed E-state index contributed by atoms with van der Waals surface area (Å²) in [6.45, 7) is 9.04. The van der Waals surface area contributed by atoms with E-state index in [1.807, 2.05) is 17.0 Å². The van der Waals surface area contributed by atoms with Gasteiger partial charge in [-0.3, -0.25) is 4.99 Å². The predicted molar refractivity (Wildman–Crippen MR) is 116 cm³/mol. The van der Waals surface area contributed by atoms with Crippen LogP contribution in [-0.4, -0.2) is 57.3 Å². The minimum Gasteiger partial charge on any atom is -0.469 e. The number of hydrogen-bond acceptors (Lipinski definition) is 4. The molecule has 1 fully saturated rings. The lowest BCUT2D eigenvalue weighted by Gasteiger charge is -2.22. The van der Waals surface area contributed by atoms with Gasteiger partial charge in [0.05, 0.1) is 11.5 Å². The minimum atomic E-state index is -3.25. The third-order valence-electron chi connectivity index (χ3n) is 4.07. The van der Waals surface area contributed by atoms with Gasteiger partial charge in [0.15, 0.2) is 5.96 Å². The van der Waals surface area contributed by atoms with Crippen LogP contribution in [0.15, 0.2) is 27.8 Å². The lowest BCUT2D eigenvalue weighted by Crippen LogP contribution is -2.43. The molecule has 7 nitrogen and oxygen atoms in total. The van der Waals surface area contributed by atoms with Crippen LogP contribution in [0.5, 0.6) is 0 Å². The van der Waals surface area contributed by atoms with Crippen LogP contribution in [0.4, 0.5) is 0 Å². The van der Waals surface area contributed by atoms with Crippen molar-refractivity contribution in [3.05, 3.63) is 24.2 Å². The zero-order chi connectivity index (χ0) is 18.3. The largest absolute Gasteiger partial charge is 0.469 e. The molecule has 1 aromatic heterocycles. The Kier molecular flexibility index (Phi) is 9.94. The normalized spacial score (nSPS) is 18.2. The van der Waals surface area contributed by atoms with E-state index < -0.39 is 10.0 Å². The van der Waals surface area contributed by atoms with Gasteiger partial charge in [-0.1, -0.05) is 20.8 Å². The van der Waals surface area contributed by atoms with E-state index in [0.717, 1.165) is 18.1 Å². The Labute approximate surface area is 174 Å². The molecule has 0 radical (unpaired) electrons. The molecule has 0 aliphatic carbocycles. The van der Waals surface area contributed by atoms with Crippen LogP contribution in [0.1, 0.15) is 33.0 Å². The fraction of sp³-hybridized carbons (Fsp3) is 0.706. The van der Waals surface area contributed by atoms with Gasteiger partial charge in [0.25, 0.3) is 0 Å². The van der Waals surface area contributed by atoms with Crippen LogP contribution >= 0.6 is 24.0 Å². The SMILES string of the molecule is CCNS(=O)(=O)C1CCN(C(=NCC(C)C)NCCc2ccco2)C1.I. The maximum absolute atomic E-state index is 12.2. The zero-order valence-electron chi connectivity index (χ0n) is 15.8. The number of halogens is 1. The summed E-state index contributed by atoms with van der Waals surface area (Å²) < 4.78 is 32.4. The molecule has 2 rings (SSSR count). The molecule has 0 aromatic carbocycles. The number of guanidine groups is 1. The number of sulfonamides is 1. The molecule has 0 amide bonds. The van der Waals surface area contributed by atoms with E-state index in [1.165, 1.54) is 0 Å². The lowest BCUT2D eigenvalue weighted by atomic mass is 10.2. The van der Waals surface area contributed by atoms with Crippen LogP contribution in [0.2, 0.25) is 0 Å². The average Bonchev–Trinajstić information content (AvgIpc) is 3.22. The number of rotatable bonds is 8. The second kappa shape index (κ2) is 11.1. The molecule has 1 unspecified atom stereocenters. The van der Waals surface area contributed by atoms with Crippen molar-refractivity contribution in [3.8, 4) is 0 Å². The van der Waals surface area contributed by atoms with Crippen LogP contribution in [0.3, 0.4) is 0 Å². The first-order valence-electron chi connectivity index (χ1n) is 8.96. The number of aliphatic imine (C=N–C) groups is 1. The van der Waals surface area contributed by atoms with Crippen molar-refractivity contribution < 1.29 is 12.8 Å². The maximum atomic E-state index is 12.2. The molecule has 1 aliphatic heterocycles. The number of nitrogens with zero attached hydrogens (tertiary/aromatic N) is 2. The fourth-order valence-corrected chi connectivity index (χ4v) is 4.21. The van der Waals surface area contributed by atoms with Crippen LogP contribution < -0.4 is 10.0 Å². The van der Waals surface area contributed by atoms with Crippen molar-refractivity contribution in [2.45, 2.75) is 38.9 Å². The molecular formula is C17H31IN4O3S. The van der Waals surface area contributed by atoms with Gasteiger partial charge >= 0.3 is 0 Å². The first-order valence-corrected chi connectivity index (χ1v) is 10.5. The second-order valence-corrected chi connectivity index (χ2v) is 8.76. The summed E-state index contributed by atoms with van der Waals surface area (Å²) >= 11 is 0. The summed E-state index contributed by atoms with van der Waals surface area (Å²) in [4.78, 5) is 6.72.